The maximum atomic E-state index is 12.3. The zero-order chi connectivity index (χ0) is 17.0. The molecule has 2 atom stereocenters. The van der Waals surface area contributed by atoms with Gasteiger partial charge in [-0.3, -0.25) is 4.79 Å². The van der Waals surface area contributed by atoms with Crippen molar-refractivity contribution < 1.29 is 19.1 Å². The molecule has 0 spiro atoms. The van der Waals surface area contributed by atoms with Crippen LogP contribution < -0.4 is 10.1 Å². The topological polar surface area (TPSA) is 64.6 Å². The summed E-state index contributed by atoms with van der Waals surface area (Å²) in [5.41, 5.74) is 0.886. The predicted octanol–water partition coefficient (Wildman–Crippen LogP) is 2.63. The van der Waals surface area contributed by atoms with Gasteiger partial charge in [0, 0.05) is 0 Å². The van der Waals surface area contributed by atoms with Crippen molar-refractivity contribution in [3.05, 3.63) is 42.0 Å². The molecule has 0 bridgehead atoms. The molecule has 1 amide bonds. The predicted molar refractivity (Wildman–Crippen MR) is 88.5 cm³/mol. The second-order valence-electron chi connectivity index (χ2n) is 5.45. The first-order chi connectivity index (χ1) is 11.0. The average Bonchev–Trinajstić information content (AvgIpc) is 2.59. The molecule has 2 aromatic rings. The number of fused-ring (bicyclic) bond motifs is 1. The SMILES string of the molecule is COC(=O)[C@H](C)NC(=O)[C@@H](C)c1ccc2cc(OC)ccc2c1. The van der Waals surface area contributed by atoms with E-state index in [9.17, 15) is 9.59 Å². The largest absolute Gasteiger partial charge is 0.497 e. The Labute approximate surface area is 135 Å². The Morgan fingerprint density at radius 2 is 1.65 bits per heavy atom. The molecule has 0 heterocycles. The van der Waals surface area contributed by atoms with E-state index in [1.54, 1.807) is 14.0 Å². The van der Waals surface area contributed by atoms with Crippen molar-refractivity contribution in [2.75, 3.05) is 14.2 Å². The Morgan fingerprint density at radius 3 is 2.30 bits per heavy atom. The van der Waals surface area contributed by atoms with Gasteiger partial charge in [0.2, 0.25) is 5.91 Å². The lowest BCUT2D eigenvalue weighted by Crippen LogP contribution is -2.41. The Bertz CT molecular complexity index is 726. The van der Waals surface area contributed by atoms with Gasteiger partial charge < -0.3 is 14.8 Å². The van der Waals surface area contributed by atoms with Gasteiger partial charge in [-0.05, 0) is 42.3 Å². The van der Waals surface area contributed by atoms with Crippen LogP contribution in [0.2, 0.25) is 0 Å². The zero-order valence-corrected chi connectivity index (χ0v) is 13.8. The van der Waals surface area contributed by atoms with Gasteiger partial charge in [0.05, 0.1) is 20.1 Å². The van der Waals surface area contributed by atoms with Crippen molar-refractivity contribution in [2.24, 2.45) is 0 Å². The van der Waals surface area contributed by atoms with E-state index < -0.39 is 12.0 Å². The summed E-state index contributed by atoms with van der Waals surface area (Å²) in [5.74, 6) is -0.247. The minimum atomic E-state index is -0.667. The molecule has 2 rings (SSSR count). The fourth-order valence-electron chi connectivity index (χ4n) is 2.36. The second kappa shape index (κ2) is 7.13. The van der Waals surface area contributed by atoms with Crippen LogP contribution in [0.1, 0.15) is 25.3 Å². The van der Waals surface area contributed by atoms with Gasteiger partial charge >= 0.3 is 5.97 Å². The first-order valence-electron chi connectivity index (χ1n) is 7.42. The molecule has 1 N–H and O–H groups in total. The highest BCUT2D eigenvalue weighted by molar-refractivity contribution is 5.90. The van der Waals surface area contributed by atoms with Crippen LogP contribution in [0.15, 0.2) is 36.4 Å². The van der Waals surface area contributed by atoms with Gasteiger partial charge in [0.1, 0.15) is 11.8 Å². The van der Waals surface area contributed by atoms with E-state index >= 15 is 0 Å². The highest BCUT2D eigenvalue weighted by Crippen LogP contribution is 2.25. The van der Waals surface area contributed by atoms with Crippen LogP contribution >= 0.6 is 0 Å². The maximum Gasteiger partial charge on any atom is 0.328 e. The van der Waals surface area contributed by atoms with Gasteiger partial charge in [-0.25, -0.2) is 4.79 Å². The zero-order valence-electron chi connectivity index (χ0n) is 13.8. The number of ether oxygens (including phenoxy) is 2. The van der Waals surface area contributed by atoms with E-state index in [0.29, 0.717) is 0 Å². The maximum absolute atomic E-state index is 12.3. The van der Waals surface area contributed by atoms with Gasteiger partial charge in [-0.2, -0.15) is 0 Å². The van der Waals surface area contributed by atoms with Gasteiger partial charge in [0.15, 0.2) is 0 Å². The van der Waals surface area contributed by atoms with Crippen LogP contribution in [0, 0.1) is 0 Å². The lowest BCUT2D eigenvalue weighted by atomic mass is 9.96. The highest BCUT2D eigenvalue weighted by atomic mass is 16.5. The molecule has 0 fully saturated rings. The Hall–Kier alpha value is -2.56. The fraction of sp³-hybridized carbons (Fsp3) is 0.333. The summed E-state index contributed by atoms with van der Waals surface area (Å²) < 4.78 is 9.82. The molecule has 0 aliphatic heterocycles. The average molecular weight is 315 g/mol. The number of amides is 1. The number of nitrogens with one attached hydrogen (secondary N) is 1. The smallest absolute Gasteiger partial charge is 0.328 e. The normalized spacial score (nSPS) is 13.2. The van der Waals surface area contributed by atoms with Crippen molar-refractivity contribution in [2.45, 2.75) is 25.8 Å². The third kappa shape index (κ3) is 3.80. The molecular formula is C18H21NO4. The van der Waals surface area contributed by atoms with Gasteiger partial charge in [-0.1, -0.05) is 24.3 Å². The summed E-state index contributed by atoms with van der Waals surface area (Å²) in [5, 5.41) is 4.74. The molecule has 122 valence electrons. The summed E-state index contributed by atoms with van der Waals surface area (Å²) in [4.78, 5) is 23.7. The van der Waals surface area contributed by atoms with Crippen molar-refractivity contribution in [1.82, 2.24) is 5.32 Å². The number of hydrogen-bond donors (Lipinski definition) is 1. The minimum absolute atomic E-state index is 0.212. The molecule has 0 saturated carbocycles. The summed E-state index contributed by atoms with van der Waals surface area (Å²) in [6.45, 7) is 3.41. The van der Waals surface area contributed by atoms with Crippen LogP contribution in [0.5, 0.6) is 5.75 Å². The number of carbonyl (C=O) groups excluding carboxylic acids is 2. The molecule has 5 nitrogen and oxygen atoms in total. The third-order valence-corrected chi connectivity index (χ3v) is 3.88. The van der Waals surface area contributed by atoms with Crippen LogP contribution in [-0.4, -0.2) is 32.1 Å². The van der Waals surface area contributed by atoms with Crippen molar-refractivity contribution in [3.63, 3.8) is 0 Å². The van der Waals surface area contributed by atoms with E-state index in [4.69, 9.17) is 4.74 Å². The number of benzene rings is 2. The molecule has 0 aromatic heterocycles. The number of hydrogen-bond acceptors (Lipinski definition) is 4. The number of methoxy groups -OCH3 is 2. The van der Waals surface area contributed by atoms with E-state index in [1.165, 1.54) is 7.11 Å². The molecular weight excluding hydrogens is 294 g/mol. The number of esters is 1. The molecule has 0 saturated heterocycles. The molecule has 23 heavy (non-hydrogen) atoms. The van der Waals surface area contributed by atoms with Crippen LogP contribution in [0.25, 0.3) is 10.8 Å². The Kier molecular flexibility index (Phi) is 5.21. The van der Waals surface area contributed by atoms with Crippen LogP contribution in [0.4, 0.5) is 0 Å². The Morgan fingerprint density at radius 1 is 1.00 bits per heavy atom. The van der Waals surface area contributed by atoms with E-state index in [1.807, 2.05) is 43.3 Å². The molecule has 0 aliphatic rings. The lowest BCUT2D eigenvalue weighted by Gasteiger charge is -2.16. The molecule has 0 unspecified atom stereocenters. The standard InChI is InChI=1S/C18H21NO4/c1-11(17(20)19-12(2)18(21)23-4)13-5-6-15-10-16(22-3)8-7-14(15)9-13/h5-12H,1-4H3,(H,19,20)/t11-,12-/m0/s1. The summed E-state index contributed by atoms with van der Waals surface area (Å²) in [6, 6.07) is 11.0. The summed E-state index contributed by atoms with van der Waals surface area (Å²) in [7, 11) is 2.93. The first-order valence-corrected chi connectivity index (χ1v) is 7.42. The molecule has 5 heteroatoms. The van der Waals surface area contributed by atoms with E-state index in [-0.39, 0.29) is 11.8 Å². The minimum Gasteiger partial charge on any atom is -0.497 e. The van der Waals surface area contributed by atoms with E-state index in [2.05, 4.69) is 10.1 Å². The lowest BCUT2D eigenvalue weighted by molar-refractivity contribution is -0.144. The second-order valence-corrected chi connectivity index (χ2v) is 5.45. The number of rotatable bonds is 5. The van der Waals surface area contributed by atoms with Crippen LogP contribution in [-0.2, 0) is 14.3 Å². The van der Waals surface area contributed by atoms with Gasteiger partial charge in [0.25, 0.3) is 0 Å². The Balaban J connectivity index is 2.18. The van der Waals surface area contributed by atoms with Crippen molar-refractivity contribution >= 4 is 22.6 Å². The fourth-order valence-corrected chi connectivity index (χ4v) is 2.36. The molecule has 0 aliphatic carbocycles. The highest BCUT2D eigenvalue weighted by Gasteiger charge is 2.21. The van der Waals surface area contributed by atoms with Gasteiger partial charge in [-0.15, -0.1) is 0 Å². The van der Waals surface area contributed by atoms with Crippen molar-refractivity contribution in [1.29, 1.82) is 0 Å². The monoisotopic (exact) mass is 315 g/mol. The van der Waals surface area contributed by atoms with Crippen LogP contribution in [0.3, 0.4) is 0 Å². The summed E-state index contributed by atoms with van der Waals surface area (Å²) in [6.07, 6.45) is 0. The number of carbonyl (C=O) groups is 2. The molecule has 2 aromatic carbocycles. The third-order valence-electron chi connectivity index (χ3n) is 3.88. The van der Waals surface area contributed by atoms with Crippen molar-refractivity contribution in [3.8, 4) is 5.75 Å². The van der Waals surface area contributed by atoms with E-state index in [0.717, 1.165) is 22.1 Å². The first kappa shape index (κ1) is 16.8. The molecule has 0 radical (unpaired) electrons. The summed E-state index contributed by atoms with van der Waals surface area (Å²) >= 11 is 0. The quantitative estimate of drug-likeness (QED) is 0.862.